The number of amides is 1. The third kappa shape index (κ3) is 5.36. The minimum atomic E-state index is -0.0865. The molecule has 0 aliphatic heterocycles. The Balaban J connectivity index is 2.47. The van der Waals surface area contributed by atoms with E-state index in [2.05, 4.69) is 5.32 Å². The number of carbonyl (C=O) groups is 1. The Hall–Kier alpha value is -1.55. The third-order valence-corrected chi connectivity index (χ3v) is 2.09. The van der Waals surface area contributed by atoms with Crippen molar-refractivity contribution in [1.82, 2.24) is 5.32 Å². The van der Waals surface area contributed by atoms with E-state index >= 15 is 0 Å². The van der Waals surface area contributed by atoms with E-state index in [0.29, 0.717) is 13.0 Å². The summed E-state index contributed by atoms with van der Waals surface area (Å²) in [7, 11) is 0. The van der Waals surface area contributed by atoms with Gasteiger partial charge in [0.15, 0.2) is 0 Å². The van der Waals surface area contributed by atoms with Crippen molar-refractivity contribution in [1.29, 1.82) is 0 Å². The topological polar surface area (TPSA) is 58.6 Å². The van der Waals surface area contributed by atoms with Crippen molar-refractivity contribution in [2.45, 2.75) is 26.4 Å². The van der Waals surface area contributed by atoms with E-state index in [-0.39, 0.29) is 18.6 Å². The summed E-state index contributed by atoms with van der Waals surface area (Å²) in [5.41, 5.74) is 0.927. The van der Waals surface area contributed by atoms with E-state index in [1.165, 1.54) is 0 Å². The van der Waals surface area contributed by atoms with Crippen LogP contribution in [0.4, 0.5) is 0 Å². The number of ether oxygens (including phenoxy) is 1. The maximum atomic E-state index is 11.4. The normalized spacial score (nSPS) is 10.4. The van der Waals surface area contributed by atoms with Crippen molar-refractivity contribution < 1.29 is 14.6 Å². The molecule has 2 N–H and O–H groups in total. The van der Waals surface area contributed by atoms with E-state index in [4.69, 9.17) is 9.84 Å². The van der Waals surface area contributed by atoms with Gasteiger partial charge in [0.25, 0.3) is 0 Å². The van der Waals surface area contributed by atoms with Crippen LogP contribution in [0, 0.1) is 0 Å². The molecule has 0 aromatic heterocycles. The van der Waals surface area contributed by atoms with Crippen molar-refractivity contribution in [3.8, 4) is 5.75 Å². The van der Waals surface area contributed by atoms with E-state index in [1.807, 2.05) is 38.1 Å². The Morgan fingerprint density at radius 1 is 1.35 bits per heavy atom. The number of rotatable bonds is 6. The van der Waals surface area contributed by atoms with Crippen LogP contribution in [-0.2, 0) is 11.2 Å². The summed E-state index contributed by atoms with van der Waals surface area (Å²) >= 11 is 0. The molecule has 0 aliphatic carbocycles. The number of aliphatic hydroxyl groups excluding tert-OH is 1. The van der Waals surface area contributed by atoms with Crippen LogP contribution in [0.2, 0.25) is 0 Å². The number of carbonyl (C=O) groups excluding carboxylic acids is 1. The van der Waals surface area contributed by atoms with Crippen molar-refractivity contribution in [3.63, 3.8) is 0 Å². The van der Waals surface area contributed by atoms with E-state index in [1.54, 1.807) is 0 Å². The summed E-state index contributed by atoms with van der Waals surface area (Å²) in [4.78, 5) is 11.4. The molecule has 0 saturated carbocycles. The van der Waals surface area contributed by atoms with Gasteiger partial charge < -0.3 is 15.2 Å². The first-order valence-electron chi connectivity index (χ1n) is 5.75. The van der Waals surface area contributed by atoms with Crippen molar-refractivity contribution in [3.05, 3.63) is 29.8 Å². The van der Waals surface area contributed by atoms with Crippen LogP contribution in [0.25, 0.3) is 0 Å². The van der Waals surface area contributed by atoms with E-state index < -0.39 is 0 Å². The van der Waals surface area contributed by atoms with Crippen LogP contribution in [0.1, 0.15) is 19.4 Å². The van der Waals surface area contributed by atoms with Gasteiger partial charge in [-0.1, -0.05) is 12.1 Å². The van der Waals surface area contributed by atoms with Crippen molar-refractivity contribution in [2.24, 2.45) is 0 Å². The summed E-state index contributed by atoms with van der Waals surface area (Å²) in [5, 5.41) is 11.2. The van der Waals surface area contributed by atoms with Crippen LogP contribution in [0.5, 0.6) is 5.75 Å². The Morgan fingerprint density at radius 2 is 2.00 bits per heavy atom. The van der Waals surface area contributed by atoms with Crippen LogP contribution >= 0.6 is 0 Å². The molecular formula is C13H19NO3. The standard InChI is InChI=1S/C13H19NO3/c1-10(2)17-12-5-3-11(4-6-12)9-13(16)14-7-8-15/h3-6,10,15H,7-9H2,1-2H3,(H,14,16). The molecule has 0 radical (unpaired) electrons. The Morgan fingerprint density at radius 3 is 2.53 bits per heavy atom. The molecule has 0 atom stereocenters. The molecule has 0 spiro atoms. The van der Waals surface area contributed by atoms with E-state index in [0.717, 1.165) is 11.3 Å². The Bertz CT molecular complexity index is 346. The summed E-state index contributed by atoms with van der Waals surface area (Å²) in [5.74, 6) is 0.719. The molecule has 0 unspecified atom stereocenters. The van der Waals surface area contributed by atoms with Gasteiger partial charge in [-0.2, -0.15) is 0 Å². The fourth-order valence-electron chi connectivity index (χ4n) is 1.40. The van der Waals surface area contributed by atoms with Gasteiger partial charge in [0, 0.05) is 6.54 Å². The molecule has 0 bridgehead atoms. The quantitative estimate of drug-likeness (QED) is 0.779. The number of benzene rings is 1. The van der Waals surface area contributed by atoms with Crippen LogP contribution in [0.3, 0.4) is 0 Å². The molecule has 4 nitrogen and oxygen atoms in total. The lowest BCUT2D eigenvalue weighted by Gasteiger charge is -2.10. The molecule has 94 valence electrons. The molecule has 0 saturated heterocycles. The molecule has 0 aliphatic rings. The summed E-state index contributed by atoms with van der Waals surface area (Å²) in [6.45, 7) is 4.20. The van der Waals surface area contributed by atoms with Crippen LogP contribution < -0.4 is 10.1 Å². The van der Waals surface area contributed by atoms with Crippen molar-refractivity contribution >= 4 is 5.91 Å². The molecule has 17 heavy (non-hydrogen) atoms. The van der Waals surface area contributed by atoms with Gasteiger partial charge in [-0.15, -0.1) is 0 Å². The Kier molecular flexibility index (Phi) is 5.49. The van der Waals surface area contributed by atoms with Gasteiger partial charge in [0.2, 0.25) is 5.91 Å². The zero-order chi connectivity index (χ0) is 12.7. The lowest BCUT2D eigenvalue weighted by molar-refractivity contribution is -0.120. The molecule has 4 heteroatoms. The van der Waals surface area contributed by atoms with Crippen LogP contribution in [-0.4, -0.2) is 30.3 Å². The monoisotopic (exact) mass is 237 g/mol. The number of hydrogen-bond donors (Lipinski definition) is 2. The summed E-state index contributed by atoms with van der Waals surface area (Å²) in [6.07, 6.45) is 0.468. The van der Waals surface area contributed by atoms with Crippen LogP contribution in [0.15, 0.2) is 24.3 Å². The highest BCUT2D eigenvalue weighted by Gasteiger charge is 2.03. The molecule has 1 amide bonds. The van der Waals surface area contributed by atoms with Gasteiger partial charge in [-0.05, 0) is 31.5 Å². The molecule has 1 aromatic carbocycles. The second-order valence-corrected chi connectivity index (χ2v) is 4.06. The first kappa shape index (κ1) is 13.5. The van der Waals surface area contributed by atoms with Gasteiger partial charge in [0.1, 0.15) is 5.75 Å². The van der Waals surface area contributed by atoms with Gasteiger partial charge >= 0.3 is 0 Å². The largest absolute Gasteiger partial charge is 0.491 e. The SMILES string of the molecule is CC(C)Oc1ccc(CC(=O)NCCO)cc1. The molecule has 1 rings (SSSR count). The highest BCUT2D eigenvalue weighted by atomic mass is 16.5. The lowest BCUT2D eigenvalue weighted by atomic mass is 10.1. The summed E-state index contributed by atoms with van der Waals surface area (Å²) < 4.78 is 5.51. The van der Waals surface area contributed by atoms with Gasteiger partial charge in [-0.3, -0.25) is 4.79 Å². The summed E-state index contributed by atoms with van der Waals surface area (Å²) in [6, 6.07) is 7.45. The fraction of sp³-hybridized carbons (Fsp3) is 0.462. The number of hydrogen-bond acceptors (Lipinski definition) is 3. The molecular weight excluding hydrogens is 218 g/mol. The van der Waals surface area contributed by atoms with Crippen molar-refractivity contribution in [2.75, 3.05) is 13.2 Å². The second kappa shape index (κ2) is 6.91. The highest BCUT2D eigenvalue weighted by molar-refractivity contribution is 5.78. The number of nitrogens with one attached hydrogen (secondary N) is 1. The zero-order valence-electron chi connectivity index (χ0n) is 10.3. The fourth-order valence-corrected chi connectivity index (χ4v) is 1.40. The molecule has 0 fully saturated rings. The molecule has 1 aromatic rings. The number of aliphatic hydroxyl groups is 1. The zero-order valence-corrected chi connectivity index (χ0v) is 10.3. The average molecular weight is 237 g/mol. The first-order chi connectivity index (χ1) is 8.11. The maximum Gasteiger partial charge on any atom is 0.224 e. The predicted molar refractivity (Wildman–Crippen MR) is 66.0 cm³/mol. The average Bonchev–Trinajstić information content (AvgIpc) is 2.28. The van der Waals surface area contributed by atoms with Gasteiger partial charge in [-0.25, -0.2) is 0 Å². The highest BCUT2D eigenvalue weighted by Crippen LogP contribution is 2.14. The van der Waals surface area contributed by atoms with E-state index in [9.17, 15) is 4.79 Å². The minimum absolute atomic E-state index is 0.0348. The smallest absolute Gasteiger partial charge is 0.224 e. The Labute approximate surface area is 102 Å². The molecule has 0 heterocycles. The predicted octanol–water partition coefficient (Wildman–Crippen LogP) is 1.12. The first-order valence-corrected chi connectivity index (χ1v) is 5.75. The third-order valence-electron chi connectivity index (χ3n) is 2.09. The minimum Gasteiger partial charge on any atom is -0.491 e. The van der Waals surface area contributed by atoms with Gasteiger partial charge in [0.05, 0.1) is 19.1 Å². The lowest BCUT2D eigenvalue weighted by Crippen LogP contribution is -2.27. The maximum absolute atomic E-state index is 11.4. The second-order valence-electron chi connectivity index (χ2n) is 4.06.